The van der Waals surface area contributed by atoms with Gasteiger partial charge in [-0.1, -0.05) is 12.1 Å². The number of anilines is 3. The minimum atomic E-state index is -4.59. The summed E-state index contributed by atoms with van der Waals surface area (Å²) in [6.07, 6.45) is 1.94. The highest BCUT2D eigenvalue weighted by atomic mass is 19.4. The molecule has 0 aliphatic carbocycles. The van der Waals surface area contributed by atoms with Crippen LogP contribution < -0.4 is 16.2 Å². The van der Waals surface area contributed by atoms with Crippen molar-refractivity contribution in [3.8, 4) is 0 Å². The second-order valence-electron chi connectivity index (χ2n) is 8.06. The van der Waals surface area contributed by atoms with Crippen molar-refractivity contribution >= 4 is 44.8 Å². The molecule has 0 aliphatic rings. The molecule has 36 heavy (non-hydrogen) atoms. The third kappa shape index (κ3) is 4.48. The Hall–Kier alpha value is -4.74. The van der Waals surface area contributed by atoms with Crippen molar-refractivity contribution in [3.63, 3.8) is 0 Å². The summed E-state index contributed by atoms with van der Waals surface area (Å²) < 4.78 is 41.6. The van der Waals surface area contributed by atoms with E-state index in [1.807, 2.05) is 6.07 Å². The summed E-state index contributed by atoms with van der Waals surface area (Å²) >= 11 is 0. The van der Waals surface area contributed by atoms with E-state index >= 15 is 0 Å². The SMILES string of the molecule is Cn1ncc2cc(Nc3cccc4ccn(CC(=O)Nc5cncc(C(F)(F)F)c5)c(=O)c34)cnc21. The van der Waals surface area contributed by atoms with Gasteiger partial charge >= 0.3 is 6.18 Å². The monoisotopic (exact) mass is 493 g/mol. The summed E-state index contributed by atoms with van der Waals surface area (Å²) in [6, 6.07) is 9.61. The van der Waals surface area contributed by atoms with Crippen LogP contribution in [0.25, 0.3) is 21.8 Å². The number of hydrogen-bond donors (Lipinski definition) is 2. The van der Waals surface area contributed by atoms with Crippen molar-refractivity contribution in [2.24, 2.45) is 7.05 Å². The quantitative estimate of drug-likeness (QED) is 0.382. The molecule has 182 valence electrons. The number of carbonyl (C=O) groups is 1. The number of carbonyl (C=O) groups excluding carboxylic acids is 1. The van der Waals surface area contributed by atoms with Crippen molar-refractivity contribution in [1.29, 1.82) is 0 Å². The first-order chi connectivity index (χ1) is 17.2. The molecule has 5 rings (SSSR count). The van der Waals surface area contributed by atoms with Gasteiger partial charge in [0.2, 0.25) is 5.91 Å². The Bertz CT molecular complexity index is 1670. The zero-order valence-corrected chi connectivity index (χ0v) is 18.7. The Balaban J connectivity index is 1.42. The van der Waals surface area contributed by atoms with E-state index in [1.165, 1.54) is 10.8 Å². The highest BCUT2D eigenvalue weighted by molar-refractivity contribution is 5.96. The van der Waals surface area contributed by atoms with E-state index in [0.29, 0.717) is 34.0 Å². The smallest absolute Gasteiger partial charge is 0.354 e. The minimum Gasteiger partial charge on any atom is -0.354 e. The van der Waals surface area contributed by atoms with Crippen LogP contribution in [-0.4, -0.2) is 30.2 Å². The number of aryl methyl sites for hydroxylation is 1. The molecule has 1 aromatic carbocycles. The lowest BCUT2D eigenvalue weighted by Crippen LogP contribution is -2.27. The van der Waals surface area contributed by atoms with E-state index in [-0.39, 0.29) is 5.69 Å². The maximum absolute atomic E-state index is 13.3. The van der Waals surface area contributed by atoms with Crippen molar-refractivity contribution in [3.05, 3.63) is 83.3 Å². The summed E-state index contributed by atoms with van der Waals surface area (Å²) in [5.74, 6) is -0.672. The van der Waals surface area contributed by atoms with E-state index in [0.717, 1.165) is 17.6 Å². The van der Waals surface area contributed by atoms with Crippen LogP contribution >= 0.6 is 0 Å². The first-order valence-corrected chi connectivity index (χ1v) is 10.7. The summed E-state index contributed by atoms with van der Waals surface area (Å²) in [4.78, 5) is 33.7. The molecule has 0 spiro atoms. The molecular formula is C24H18F3N7O2. The lowest BCUT2D eigenvalue weighted by Gasteiger charge is -2.13. The maximum atomic E-state index is 13.3. The Morgan fingerprint density at radius 2 is 1.86 bits per heavy atom. The number of pyridine rings is 3. The van der Waals surface area contributed by atoms with Gasteiger partial charge in [0.1, 0.15) is 6.54 Å². The Morgan fingerprint density at radius 3 is 2.67 bits per heavy atom. The summed E-state index contributed by atoms with van der Waals surface area (Å²) in [7, 11) is 1.79. The highest BCUT2D eigenvalue weighted by Gasteiger charge is 2.31. The molecule has 0 radical (unpaired) electrons. The maximum Gasteiger partial charge on any atom is 0.417 e. The van der Waals surface area contributed by atoms with E-state index in [1.54, 1.807) is 48.4 Å². The van der Waals surface area contributed by atoms with Gasteiger partial charge < -0.3 is 15.2 Å². The summed E-state index contributed by atoms with van der Waals surface area (Å²) in [5, 5.41) is 11.5. The zero-order valence-electron chi connectivity index (χ0n) is 18.7. The number of aromatic nitrogens is 5. The standard InChI is InChI=1S/C24H18F3N7O2/c1-33-22-15(9-30-33)7-17(12-29-22)31-19-4-2-3-14-5-6-34(23(36)21(14)19)13-20(35)32-18-8-16(10-28-11-18)24(25,26)27/h2-12,31H,13H2,1H3,(H,32,35). The number of hydrogen-bond acceptors (Lipinski definition) is 6. The van der Waals surface area contributed by atoms with Crippen LogP contribution in [0.15, 0.2) is 72.2 Å². The van der Waals surface area contributed by atoms with Gasteiger partial charge in [-0.2, -0.15) is 18.3 Å². The highest BCUT2D eigenvalue weighted by Crippen LogP contribution is 2.30. The fourth-order valence-corrected chi connectivity index (χ4v) is 3.84. The van der Waals surface area contributed by atoms with Gasteiger partial charge in [0.15, 0.2) is 5.65 Å². The molecule has 0 saturated carbocycles. The van der Waals surface area contributed by atoms with Crippen LogP contribution in [0.4, 0.5) is 30.2 Å². The molecule has 2 N–H and O–H groups in total. The van der Waals surface area contributed by atoms with Gasteiger partial charge in [-0.3, -0.25) is 19.3 Å². The topological polar surface area (TPSA) is 107 Å². The molecule has 0 bridgehead atoms. The van der Waals surface area contributed by atoms with E-state index < -0.39 is 29.8 Å². The number of nitrogens with zero attached hydrogens (tertiary/aromatic N) is 5. The molecule has 0 aliphatic heterocycles. The van der Waals surface area contributed by atoms with Gasteiger partial charge in [0.25, 0.3) is 5.56 Å². The van der Waals surface area contributed by atoms with Gasteiger partial charge in [-0.25, -0.2) is 4.98 Å². The Labute approximate surface area is 201 Å². The lowest BCUT2D eigenvalue weighted by molar-refractivity contribution is -0.137. The molecule has 0 fully saturated rings. The molecule has 0 saturated heterocycles. The van der Waals surface area contributed by atoms with Gasteiger partial charge in [-0.15, -0.1) is 0 Å². The third-order valence-corrected chi connectivity index (χ3v) is 5.52. The predicted molar refractivity (Wildman–Crippen MR) is 128 cm³/mol. The molecule has 4 heterocycles. The largest absolute Gasteiger partial charge is 0.417 e. The number of amides is 1. The predicted octanol–water partition coefficient (Wildman–Crippen LogP) is 4.08. The molecule has 1 amide bonds. The van der Waals surface area contributed by atoms with Crippen LogP contribution in [0.5, 0.6) is 0 Å². The minimum absolute atomic E-state index is 0.121. The Kier molecular flexibility index (Phi) is 5.63. The van der Waals surface area contributed by atoms with E-state index in [4.69, 9.17) is 0 Å². The van der Waals surface area contributed by atoms with Crippen molar-refractivity contribution in [2.75, 3.05) is 10.6 Å². The molecule has 5 aromatic rings. The normalized spacial score (nSPS) is 11.7. The average molecular weight is 493 g/mol. The molecular weight excluding hydrogens is 475 g/mol. The van der Waals surface area contributed by atoms with E-state index in [2.05, 4.69) is 25.7 Å². The first-order valence-electron chi connectivity index (χ1n) is 10.7. The van der Waals surface area contributed by atoms with Gasteiger partial charge in [-0.05, 0) is 29.7 Å². The van der Waals surface area contributed by atoms with Crippen molar-refractivity contribution in [1.82, 2.24) is 24.3 Å². The second kappa shape index (κ2) is 8.80. The van der Waals surface area contributed by atoms with Crippen LogP contribution in [0.1, 0.15) is 5.56 Å². The average Bonchev–Trinajstić information content (AvgIpc) is 3.20. The number of nitrogens with one attached hydrogen (secondary N) is 2. The molecule has 0 atom stereocenters. The van der Waals surface area contributed by atoms with Crippen molar-refractivity contribution < 1.29 is 18.0 Å². The number of rotatable bonds is 5. The number of fused-ring (bicyclic) bond motifs is 2. The lowest BCUT2D eigenvalue weighted by atomic mass is 10.1. The molecule has 4 aromatic heterocycles. The van der Waals surface area contributed by atoms with Gasteiger partial charge in [0, 0.05) is 24.8 Å². The fourth-order valence-electron chi connectivity index (χ4n) is 3.84. The van der Waals surface area contributed by atoms with Crippen LogP contribution in [0.2, 0.25) is 0 Å². The van der Waals surface area contributed by atoms with Crippen LogP contribution in [0.3, 0.4) is 0 Å². The zero-order chi connectivity index (χ0) is 25.4. The molecule has 12 heteroatoms. The first kappa shape index (κ1) is 23.0. The number of halogens is 3. The van der Waals surface area contributed by atoms with Gasteiger partial charge in [0.05, 0.1) is 46.6 Å². The molecule has 0 unspecified atom stereocenters. The number of alkyl halides is 3. The fraction of sp³-hybridized carbons (Fsp3) is 0.125. The van der Waals surface area contributed by atoms with Crippen molar-refractivity contribution in [2.45, 2.75) is 12.7 Å². The molecule has 9 nitrogen and oxygen atoms in total. The Morgan fingerprint density at radius 1 is 1.03 bits per heavy atom. The summed E-state index contributed by atoms with van der Waals surface area (Å²) in [6.45, 7) is -0.400. The van der Waals surface area contributed by atoms with E-state index in [9.17, 15) is 22.8 Å². The number of benzene rings is 1. The summed E-state index contributed by atoms with van der Waals surface area (Å²) in [5.41, 5.74) is 0.320. The third-order valence-electron chi connectivity index (χ3n) is 5.52. The van der Waals surface area contributed by atoms with Crippen LogP contribution in [-0.2, 0) is 24.6 Å². The second-order valence-corrected chi connectivity index (χ2v) is 8.06. The van der Waals surface area contributed by atoms with Crippen LogP contribution in [0, 0.1) is 0 Å².